The predicted molar refractivity (Wildman–Crippen MR) is 146 cm³/mol. The predicted octanol–water partition coefficient (Wildman–Crippen LogP) is 4.40. The first-order valence-electron chi connectivity index (χ1n) is 11.4. The average Bonchev–Trinajstić information content (AvgIpc) is 3.24. The molecule has 0 aliphatic carbocycles. The largest absolute Gasteiger partial charge is 0.493 e. The summed E-state index contributed by atoms with van der Waals surface area (Å²) in [6, 6.07) is 12.8. The van der Waals surface area contributed by atoms with Crippen molar-refractivity contribution in [3.8, 4) is 11.5 Å². The van der Waals surface area contributed by atoms with Gasteiger partial charge in [-0.05, 0) is 54.7 Å². The molecule has 182 valence electrons. The number of nitrogens with one attached hydrogen (secondary N) is 1. The summed E-state index contributed by atoms with van der Waals surface area (Å²) in [6.07, 6.45) is 4.80. The number of aryl methyl sites for hydroxylation is 1. The highest BCUT2D eigenvalue weighted by Gasteiger charge is 2.21. The summed E-state index contributed by atoms with van der Waals surface area (Å²) in [5, 5.41) is 3.47. The second-order valence-corrected chi connectivity index (χ2v) is 8.24. The Hall–Kier alpha value is -2.75. The Morgan fingerprint density at radius 3 is 2.50 bits per heavy atom. The topological polar surface area (TPSA) is 63.9 Å². The maximum absolute atomic E-state index is 5.51. The van der Waals surface area contributed by atoms with Gasteiger partial charge in [-0.3, -0.25) is 0 Å². The number of halogens is 1. The number of methoxy groups -OCH3 is 2. The van der Waals surface area contributed by atoms with Crippen LogP contribution < -0.4 is 14.8 Å². The third kappa shape index (κ3) is 6.02. The number of guanidine groups is 1. The van der Waals surface area contributed by atoms with E-state index in [1.165, 1.54) is 22.3 Å². The Morgan fingerprint density at radius 1 is 1.09 bits per heavy atom. The summed E-state index contributed by atoms with van der Waals surface area (Å²) >= 11 is 0. The molecule has 34 heavy (non-hydrogen) atoms. The van der Waals surface area contributed by atoms with E-state index in [2.05, 4.69) is 63.1 Å². The van der Waals surface area contributed by atoms with E-state index in [0.29, 0.717) is 6.54 Å². The van der Waals surface area contributed by atoms with Crippen molar-refractivity contribution in [2.24, 2.45) is 4.99 Å². The summed E-state index contributed by atoms with van der Waals surface area (Å²) in [5.74, 6) is 3.52. The van der Waals surface area contributed by atoms with Gasteiger partial charge in [0.2, 0.25) is 0 Å². The van der Waals surface area contributed by atoms with E-state index in [9.17, 15) is 0 Å². The summed E-state index contributed by atoms with van der Waals surface area (Å²) in [4.78, 5) is 11.6. The zero-order chi connectivity index (χ0) is 23.2. The van der Waals surface area contributed by atoms with Crippen LogP contribution in [0.5, 0.6) is 11.5 Å². The van der Waals surface area contributed by atoms with E-state index in [4.69, 9.17) is 14.5 Å². The molecule has 0 spiro atoms. The van der Waals surface area contributed by atoms with Crippen molar-refractivity contribution in [1.29, 1.82) is 0 Å². The average molecular weight is 575 g/mol. The normalized spacial score (nSPS) is 13.2. The number of rotatable bonds is 7. The van der Waals surface area contributed by atoms with Crippen LogP contribution in [0.4, 0.5) is 0 Å². The highest BCUT2D eigenvalue weighted by molar-refractivity contribution is 14.0. The minimum atomic E-state index is 0. The van der Waals surface area contributed by atoms with Gasteiger partial charge in [0.1, 0.15) is 5.82 Å². The molecule has 0 saturated heterocycles. The van der Waals surface area contributed by atoms with Crippen molar-refractivity contribution in [3.63, 3.8) is 0 Å². The minimum absolute atomic E-state index is 0. The lowest BCUT2D eigenvalue weighted by atomic mass is 9.99. The van der Waals surface area contributed by atoms with Gasteiger partial charge < -0.3 is 24.3 Å². The van der Waals surface area contributed by atoms with Crippen molar-refractivity contribution in [1.82, 2.24) is 19.8 Å². The maximum Gasteiger partial charge on any atom is 0.194 e. The van der Waals surface area contributed by atoms with E-state index in [1.54, 1.807) is 14.2 Å². The van der Waals surface area contributed by atoms with Crippen LogP contribution in [0.25, 0.3) is 0 Å². The fourth-order valence-corrected chi connectivity index (χ4v) is 4.25. The minimum Gasteiger partial charge on any atom is -0.493 e. The van der Waals surface area contributed by atoms with Gasteiger partial charge in [0.05, 0.1) is 20.8 Å². The van der Waals surface area contributed by atoms with Crippen molar-refractivity contribution < 1.29 is 9.47 Å². The first-order valence-corrected chi connectivity index (χ1v) is 11.4. The van der Waals surface area contributed by atoms with E-state index < -0.39 is 0 Å². The van der Waals surface area contributed by atoms with Gasteiger partial charge in [-0.1, -0.05) is 24.3 Å². The van der Waals surface area contributed by atoms with Crippen LogP contribution in [0.1, 0.15) is 35.0 Å². The molecule has 0 bridgehead atoms. The number of hydrogen-bond acceptors (Lipinski definition) is 4. The molecular weight excluding hydrogens is 541 g/mol. The molecule has 1 aliphatic rings. The van der Waals surface area contributed by atoms with Gasteiger partial charge in [-0.25, -0.2) is 9.98 Å². The zero-order valence-electron chi connectivity index (χ0n) is 20.4. The van der Waals surface area contributed by atoms with Crippen LogP contribution in [-0.2, 0) is 26.1 Å². The maximum atomic E-state index is 5.51. The molecule has 0 amide bonds. The molecule has 4 rings (SSSR count). The second-order valence-electron chi connectivity index (χ2n) is 8.24. The highest BCUT2D eigenvalue weighted by Crippen LogP contribution is 2.33. The molecule has 0 radical (unpaired) electrons. The van der Waals surface area contributed by atoms with Crippen LogP contribution >= 0.6 is 24.0 Å². The Kier molecular flexibility index (Phi) is 9.20. The summed E-state index contributed by atoms with van der Waals surface area (Å²) < 4.78 is 13.1. The summed E-state index contributed by atoms with van der Waals surface area (Å²) in [7, 11) is 3.36. The molecular formula is C26H34IN5O2. The smallest absolute Gasteiger partial charge is 0.194 e. The summed E-state index contributed by atoms with van der Waals surface area (Å²) in [6.45, 7) is 8.12. The number of hydrogen-bond donors (Lipinski definition) is 1. The molecule has 0 fully saturated rings. The van der Waals surface area contributed by atoms with Crippen molar-refractivity contribution >= 4 is 29.9 Å². The second kappa shape index (κ2) is 12.1. The van der Waals surface area contributed by atoms with E-state index in [0.717, 1.165) is 55.9 Å². The summed E-state index contributed by atoms with van der Waals surface area (Å²) in [5.41, 5.74) is 5.01. The molecule has 2 aromatic carbocycles. The van der Waals surface area contributed by atoms with Gasteiger partial charge in [0, 0.05) is 38.6 Å². The van der Waals surface area contributed by atoms with Gasteiger partial charge in [-0.2, -0.15) is 0 Å². The quantitative estimate of drug-likeness (QED) is 0.257. The molecule has 8 heteroatoms. The molecule has 3 aromatic rings. The fraction of sp³-hybridized carbons (Fsp3) is 0.385. The Balaban J connectivity index is 0.00000324. The number of imidazole rings is 1. The van der Waals surface area contributed by atoms with Gasteiger partial charge in [0.25, 0.3) is 0 Å². The Labute approximate surface area is 219 Å². The standard InChI is InChI=1S/C26H33N5O2.HI/c1-5-27-26(31-11-9-22-14-24(32-3)25(33-4)15-23(22)18-31)29-16-20-7-6-8-21(13-20)17-30-12-10-28-19(30)2;/h6-8,10,12-15H,5,9,11,16-18H2,1-4H3,(H,27,29);1H. The van der Waals surface area contributed by atoms with Gasteiger partial charge in [0.15, 0.2) is 17.5 Å². The molecule has 1 aliphatic heterocycles. The molecule has 1 aromatic heterocycles. The number of nitrogens with zero attached hydrogens (tertiary/aromatic N) is 4. The van der Waals surface area contributed by atoms with E-state index in [1.807, 2.05) is 19.3 Å². The van der Waals surface area contributed by atoms with Crippen LogP contribution in [0.3, 0.4) is 0 Å². The van der Waals surface area contributed by atoms with Gasteiger partial charge in [-0.15, -0.1) is 24.0 Å². The lowest BCUT2D eigenvalue weighted by Crippen LogP contribution is -2.44. The molecule has 7 nitrogen and oxygen atoms in total. The first-order chi connectivity index (χ1) is 16.1. The van der Waals surface area contributed by atoms with Crippen molar-refractivity contribution in [2.75, 3.05) is 27.3 Å². The van der Waals surface area contributed by atoms with Crippen LogP contribution in [0, 0.1) is 6.92 Å². The van der Waals surface area contributed by atoms with E-state index in [-0.39, 0.29) is 24.0 Å². The highest BCUT2D eigenvalue weighted by atomic mass is 127. The first kappa shape index (κ1) is 25.9. The number of fused-ring (bicyclic) bond motifs is 1. The molecule has 1 N–H and O–H groups in total. The Morgan fingerprint density at radius 2 is 1.82 bits per heavy atom. The van der Waals surface area contributed by atoms with Crippen LogP contribution in [0.15, 0.2) is 53.8 Å². The number of benzene rings is 2. The number of aromatic nitrogens is 2. The monoisotopic (exact) mass is 575 g/mol. The lowest BCUT2D eigenvalue weighted by Gasteiger charge is -2.32. The Bertz CT molecular complexity index is 1130. The number of aliphatic imine (C=N–C) groups is 1. The SMILES string of the molecule is CCNC(=NCc1cccc(Cn2ccnc2C)c1)N1CCc2cc(OC)c(OC)cc2C1.I. The number of ether oxygens (including phenoxy) is 2. The molecule has 0 atom stereocenters. The van der Waals surface area contributed by atoms with Gasteiger partial charge >= 0.3 is 0 Å². The van der Waals surface area contributed by atoms with Crippen LogP contribution in [-0.4, -0.2) is 47.7 Å². The lowest BCUT2D eigenvalue weighted by molar-refractivity contribution is 0.346. The fourth-order valence-electron chi connectivity index (χ4n) is 4.25. The van der Waals surface area contributed by atoms with E-state index >= 15 is 0 Å². The third-order valence-electron chi connectivity index (χ3n) is 6.03. The van der Waals surface area contributed by atoms with Crippen molar-refractivity contribution in [3.05, 3.63) is 76.9 Å². The molecule has 2 heterocycles. The molecule has 0 unspecified atom stereocenters. The third-order valence-corrected chi connectivity index (χ3v) is 6.03. The van der Waals surface area contributed by atoms with Crippen molar-refractivity contribution in [2.45, 2.75) is 39.9 Å². The zero-order valence-corrected chi connectivity index (χ0v) is 22.7. The van der Waals surface area contributed by atoms with Crippen LogP contribution in [0.2, 0.25) is 0 Å². The molecule has 0 saturated carbocycles.